The standard InChI is InChI=1S/C35H25F3N4O3/c36-35(37,38)27-6-3-5-23(17-27)24-16-25-19-39-42(20-28-13-10-21-4-1-2-7-30(21)40-28)31(25)29(18-24)32(43)41-34(14-15-34)26-11-8-22(9-12-26)33(44)45/h1-13,16-19H,14-15,20H2,(H,41,43)(H,44,45). The zero-order valence-electron chi connectivity index (χ0n) is 23.7. The number of pyridine rings is 1. The molecule has 0 unspecified atom stereocenters. The van der Waals surface area contributed by atoms with Crippen molar-refractivity contribution in [3.8, 4) is 11.1 Å². The Morgan fingerprint density at radius 3 is 2.38 bits per heavy atom. The smallest absolute Gasteiger partial charge is 0.416 e. The number of para-hydroxylation sites is 1. The molecular weight excluding hydrogens is 581 g/mol. The predicted octanol–water partition coefficient (Wildman–Crippen LogP) is 7.44. The second-order valence-electron chi connectivity index (χ2n) is 11.3. The average Bonchev–Trinajstić information content (AvgIpc) is 3.71. The number of carbonyl (C=O) groups excluding carboxylic acids is 1. The van der Waals surface area contributed by atoms with Gasteiger partial charge in [0, 0.05) is 10.8 Å². The Hall–Kier alpha value is -5.51. The minimum Gasteiger partial charge on any atom is -0.478 e. The van der Waals surface area contributed by atoms with Gasteiger partial charge in [-0.3, -0.25) is 14.5 Å². The summed E-state index contributed by atoms with van der Waals surface area (Å²) in [5.41, 5.74) is 2.53. The van der Waals surface area contributed by atoms with E-state index in [1.807, 2.05) is 36.4 Å². The van der Waals surface area contributed by atoms with Crippen LogP contribution in [0.2, 0.25) is 0 Å². The average molecular weight is 607 g/mol. The van der Waals surface area contributed by atoms with Gasteiger partial charge in [-0.05, 0) is 78.1 Å². The van der Waals surface area contributed by atoms with E-state index >= 15 is 0 Å². The number of aromatic nitrogens is 3. The van der Waals surface area contributed by atoms with Crippen molar-refractivity contribution in [3.05, 3.63) is 131 Å². The Morgan fingerprint density at radius 1 is 0.867 bits per heavy atom. The molecule has 1 aliphatic carbocycles. The number of rotatable bonds is 7. The maximum absolute atomic E-state index is 14.1. The summed E-state index contributed by atoms with van der Waals surface area (Å²) in [4.78, 5) is 30.2. The van der Waals surface area contributed by atoms with Crippen LogP contribution < -0.4 is 5.32 Å². The molecule has 224 valence electrons. The summed E-state index contributed by atoms with van der Waals surface area (Å²) in [6.45, 7) is 0.263. The number of amides is 1. The molecule has 2 aromatic heterocycles. The van der Waals surface area contributed by atoms with Crippen LogP contribution in [-0.2, 0) is 18.3 Å². The third-order valence-electron chi connectivity index (χ3n) is 8.26. The van der Waals surface area contributed by atoms with Crippen LogP contribution in [0.1, 0.15) is 50.4 Å². The number of benzene rings is 4. The van der Waals surface area contributed by atoms with Gasteiger partial charge in [0.2, 0.25) is 0 Å². The van der Waals surface area contributed by atoms with Crippen molar-refractivity contribution in [2.75, 3.05) is 0 Å². The Bertz CT molecular complexity index is 2120. The van der Waals surface area contributed by atoms with Crippen LogP contribution in [-0.4, -0.2) is 31.7 Å². The molecule has 0 saturated heterocycles. The van der Waals surface area contributed by atoms with Crippen molar-refractivity contribution in [2.45, 2.75) is 31.1 Å². The molecule has 4 aromatic carbocycles. The quantitative estimate of drug-likeness (QED) is 0.197. The number of aromatic carboxylic acids is 1. The molecule has 1 saturated carbocycles. The van der Waals surface area contributed by atoms with Crippen LogP contribution in [0.5, 0.6) is 0 Å². The Balaban J connectivity index is 1.31. The number of carboxylic acid groups (broad SMARTS) is 1. The molecular formula is C35H25F3N4O3. The number of halogens is 3. The molecule has 0 bridgehead atoms. The van der Waals surface area contributed by atoms with Gasteiger partial charge in [0.1, 0.15) is 0 Å². The van der Waals surface area contributed by atoms with Crippen molar-refractivity contribution < 1.29 is 27.9 Å². The molecule has 0 radical (unpaired) electrons. The summed E-state index contributed by atoms with van der Waals surface area (Å²) in [5.74, 6) is -1.46. The lowest BCUT2D eigenvalue weighted by Gasteiger charge is -2.20. The van der Waals surface area contributed by atoms with Crippen LogP contribution >= 0.6 is 0 Å². The second kappa shape index (κ2) is 10.6. The van der Waals surface area contributed by atoms with Crippen LogP contribution in [0.15, 0.2) is 103 Å². The van der Waals surface area contributed by atoms with E-state index in [0.717, 1.165) is 34.3 Å². The first-order valence-electron chi connectivity index (χ1n) is 14.3. The first-order valence-corrected chi connectivity index (χ1v) is 14.3. The molecule has 6 aromatic rings. The Kier molecular flexibility index (Phi) is 6.65. The van der Waals surface area contributed by atoms with Gasteiger partial charge in [-0.25, -0.2) is 4.79 Å². The van der Waals surface area contributed by atoms with Crippen molar-refractivity contribution in [3.63, 3.8) is 0 Å². The predicted molar refractivity (Wildman–Crippen MR) is 163 cm³/mol. The highest BCUT2D eigenvalue weighted by Crippen LogP contribution is 2.46. The number of hydrogen-bond acceptors (Lipinski definition) is 4. The lowest BCUT2D eigenvalue weighted by atomic mass is 9.97. The van der Waals surface area contributed by atoms with Gasteiger partial charge in [0.15, 0.2) is 0 Å². The van der Waals surface area contributed by atoms with Crippen LogP contribution in [0, 0.1) is 0 Å². The van der Waals surface area contributed by atoms with E-state index in [1.54, 1.807) is 41.2 Å². The van der Waals surface area contributed by atoms with E-state index in [0.29, 0.717) is 34.9 Å². The molecule has 1 fully saturated rings. The second-order valence-corrected chi connectivity index (χ2v) is 11.3. The molecule has 7 rings (SSSR count). The number of carbonyl (C=O) groups is 2. The lowest BCUT2D eigenvalue weighted by molar-refractivity contribution is -0.137. The maximum atomic E-state index is 14.1. The summed E-state index contributed by atoms with van der Waals surface area (Å²) in [5, 5.41) is 18.6. The molecule has 2 N–H and O–H groups in total. The van der Waals surface area contributed by atoms with Gasteiger partial charge in [0.05, 0.1) is 51.7 Å². The van der Waals surface area contributed by atoms with Gasteiger partial charge in [-0.15, -0.1) is 0 Å². The van der Waals surface area contributed by atoms with E-state index in [-0.39, 0.29) is 17.7 Å². The number of carboxylic acids is 1. The molecule has 1 amide bonds. The van der Waals surface area contributed by atoms with E-state index in [9.17, 15) is 27.9 Å². The van der Waals surface area contributed by atoms with E-state index in [2.05, 4.69) is 10.4 Å². The summed E-state index contributed by atoms with van der Waals surface area (Å²) < 4.78 is 42.4. The zero-order chi connectivity index (χ0) is 31.3. The lowest BCUT2D eigenvalue weighted by Crippen LogP contribution is -2.35. The highest BCUT2D eigenvalue weighted by molar-refractivity contribution is 6.08. The molecule has 10 heteroatoms. The van der Waals surface area contributed by atoms with Crippen molar-refractivity contribution >= 4 is 33.7 Å². The van der Waals surface area contributed by atoms with Gasteiger partial charge in [-0.2, -0.15) is 18.3 Å². The molecule has 2 heterocycles. The number of fused-ring (bicyclic) bond motifs is 2. The number of nitrogens with zero attached hydrogens (tertiary/aromatic N) is 3. The Morgan fingerprint density at radius 2 is 1.64 bits per heavy atom. The summed E-state index contributed by atoms with van der Waals surface area (Å²) in [7, 11) is 0. The van der Waals surface area contributed by atoms with Crippen molar-refractivity contribution in [2.24, 2.45) is 0 Å². The topological polar surface area (TPSA) is 97.1 Å². The first kappa shape index (κ1) is 28.3. The third kappa shape index (κ3) is 5.39. The number of nitrogens with one attached hydrogen (secondary N) is 1. The van der Waals surface area contributed by atoms with Crippen molar-refractivity contribution in [1.82, 2.24) is 20.1 Å². The molecule has 0 aliphatic heterocycles. The molecule has 7 nitrogen and oxygen atoms in total. The van der Waals surface area contributed by atoms with Gasteiger partial charge < -0.3 is 10.4 Å². The maximum Gasteiger partial charge on any atom is 0.416 e. The highest BCUT2D eigenvalue weighted by Gasteiger charge is 2.46. The van der Waals surface area contributed by atoms with E-state index < -0.39 is 29.2 Å². The minimum atomic E-state index is -4.52. The molecule has 45 heavy (non-hydrogen) atoms. The van der Waals surface area contributed by atoms with Gasteiger partial charge >= 0.3 is 12.1 Å². The largest absolute Gasteiger partial charge is 0.478 e. The van der Waals surface area contributed by atoms with Gasteiger partial charge in [0.25, 0.3) is 5.91 Å². The fraction of sp³-hybridized carbons (Fsp3) is 0.143. The minimum absolute atomic E-state index is 0.141. The summed E-state index contributed by atoms with van der Waals surface area (Å²) in [6, 6.07) is 26.3. The van der Waals surface area contributed by atoms with E-state index in [4.69, 9.17) is 4.98 Å². The molecule has 0 spiro atoms. The van der Waals surface area contributed by atoms with Crippen LogP contribution in [0.3, 0.4) is 0 Å². The SMILES string of the molecule is O=C(O)c1ccc(C2(NC(=O)c3cc(-c4cccc(C(F)(F)F)c4)cc4cnn(Cc5ccc6ccccc6n5)c34)CC2)cc1. The van der Waals surface area contributed by atoms with E-state index in [1.165, 1.54) is 18.2 Å². The zero-order valence-corrected chi connectivity index (χ0v) is 23.7. The summed E-state index contributed by atoms with van der Waals surface area (Å²) in [6.07, 6.45) is -1.61. The Labute approximate surface area is 255 Å². The third-order valence-corrected chi connectivity index (χ3v) is 8.26. The van der Waals surface area contributed by atoms with Crippen LogP contribution in [0.4, 0.5) is 13.2 Å². The number of hydrogen-bond donors (Lipinski definition) is 2. The van der Waals surface area contributed by atoms with Crippen LogP contribution in [0.25, 0.3) is 32.9 Å². The fourth-order valence-corrected chi connectivity index (χ4v) is 5.74. The molecule has 1 aliphatic rings. The fourth-order valence-electron chi connectivity index (χ4n) is 5.74. The first-order chi connectivity index (χ1) is 21.6. The monoisotopic (exact) mass is 606 g/mol. The normalized spacial score (nSPS) is 14.0. The highest BCUT2D eigenvalue weighted by atomic mass is 19.4. The molecule has 0 atom stereocenters. The van der Waals surface area contributed by atoms with Gasteiger partial charge in [-0.1, -0.05) is 48.5 Å². The summed E-state index contributed by atoms with van der Waals surface area (Å²) >= 11 is 0. The van der Waals surface area contributed by atoms with Crippen molar-refractivity contribution in [1.29, 1.82) is 0 Å². The number of alkyl halides is 3.